The number of carbonyl (C=O) groups excluding carboxylic acids is 2. The fraction of sp³-hybridized carbons (Fsp3) is 0.500. The smallest absolute Gasteiger partial charge is 0.243 e. The van der Waals surface area contributed by atoms with Gasteiger partial charge in [-0.05, 0) is 18.6 Å². The van der Waals surface area contributed by atoms with Gasteiger partial charge in [-0.3, -0.25) is 25.6 Å². The minimum atomic E-state index is -0.477. The van der Waals surface area contributed by atoms with Gasteiger partial charge >= 0.3 is 0 Å². The van der Waals surface area contributed by atoms with Crippen molar-refractivity contribution in [2.24, 2.45) is 5.92 Å². The van der Waals surface area contributed by atoms with Gasteiger partial charge in [0, 0.05) is 6.07 Å². The highest BCUT2D eigenvalue weighted by atomic mass is 16.5. The van der Waals surface area contributed by atoms with Gasteiger partial charge in [0.05, 0.1) is 25.3 Å². The number of rotatable bonds is 11. The molecule has 7 nitrogen and oxygen atoms in total. The fourth-order valence-corrected chi connectivity index (χ4v) is 2.15. The first-order valence-corrected chi connectivity index (χ1v) is 7.71. The molecular weight excluding hydrogens is 298 g/mol. The number of ether oxygens (including phenoxy) is 1. The molecule has 3 N–H and O–H groups in total. The van der Waals surface area contributed by atoms with Crippen molar-refractivity contribution < 1.29 is 19.5 Å². The molecule has 2 amide bonds. The van der Waals surface area contributed by atoms with Gasteiger partial charge in [-0.1, -0.05) is 32.3 Å². The molecule has 1 rings (SSSR count). The lowest BCUT2D eigenvalue weighted by molar-refractivity contribution is -0.154. The number of carbonyl (C=O) groups is 2. The highest BCUT2D eigenvalue weighted by molar-refractivity contribution is 5.80. The lowest BCUT2D eigenvalue weighted by Gasteiger charge is -2.20. The summed E-state index contributed by atoms with van der Waals surface area (Å²) in [5.74, 6) is -0.0779. The second-order valence-corrected chi connectivity index (χ2v) is 5.27. The Kier molecular flexibility index (Phi) is 8.52. The van der Waals surface area contributed by atoms with E-state index < -0.39 is 5.92 Å². The predicted molar refractivity (Wildman–Crippen MR) is 86.9 cm³/mol. The number of unbranched alkanes of at least 4 members (excludes halogenated alkanes) is 2. The number of nitrogens with zero attached hydrogens (tertiary/aromatic N) is 1. The van der Waals surface area contributed by atoms with Gasteiger partial charge in [0.15, 0.2) is 0 Å². The van der Waals surface area contributed by atoms with Crippen LogP contribution >= 0.6 is 0 Å². The van der Waals surface area contributed by atoms with E-state index in [1.54, 1.807) is 31.4 Å². The van der Waals surface area contributed by atoms with Crippen molar-refractivity contribution in [3.63, 3.8) is 0 Å². The summed E-state index contributed by atoms with van der Waals surface area (Å²) in [6, 6.07) is 7.14. The van der Waals surface area contributed by atoms with Gasteiger partial charge in [0.1, 0.15) is 5.75 Å². The van der Waals surface area contributed by atoms with E-state index in [4.69, 9.17) is 4.74 Å². The molecule has 0 radical (unpaired) electrons. The molecule has 0 aliphatic carbocycles. The van der Waals surface area contributed by atoms with Gasteiger partial charge in [-0.15, -0.1) is 0 Å². The van der Waals surface area contributed by atoms with Crippen molar-refractivity contribution in [3.8, 4) is 5.75 Å². The first-order valence-electron chi connectivity index (χ1n) is 7.71. The summed E-state index contributed by atoms with van der Waals surface area (Å²) in [6.07, 6.45) is 3.80. The van der Waals surface area contributed by atoms with E-state index in [1.807, 2.05) is 0 Å². The number of amides is 2. The average molecular weight is 323 g/mol. The molecule has 1 atom stereocenters. The van der Waals surface area contributed by atoms with Crippen molar-refractivity contribution in [2.45, 2.75) is 32.6 Å². The van der Waals surface area contributed by atoms with Crippen LogP contribution in [0.4, 0.5) is 5.69 Å². The average Bonchev–Trinajstić information content (AvgIpc) is 2.58. The Bertz CT molecular complexity index is 496. The summed E-state index contributed by atoms with van der Waals surface area (Å²) >= 11 is 0. The SMILES string of the molecule is CCCCC[C@@H](CN(O)C=O)C(=O)NNc1cccc(OC)c1. The van der Waals surface area contributed by atoms with Crippen LogP contribution in [-0.4, -0.2) is 36.2 Å². The Morgan fingerprint density at radius 1 is 1.43 bits per heavy atom. The lowest BCUT2D eigenvalue weighted by Crippen LogP contribution is -2.40. The Morgan fingerprint density at radius 3 is 2.87 bits per heavy atom. The van der Waals surface area contributed by atoms with Crippen LogP contribution in [0.15, 0.2) is 24.3 Å². The van der Waals surface area contributed by atoms with Crippen LogP contribution in [0.1, 0.15) is 32.6 Å². The Balaban J connectivity index is 2.58. The van der Waals surface area contributed by atoms with Crippen LogP contribution in [0.2, 0.25) is 0 Å². The molecule has 0 spiro atoms. The first kappa shape index (κ1) is 18.8. The monoisotopic (exact) mass is 323 g/mol. The number of hydrogen-bond donors (Lipinski definition) is 3. The number of hydrazine groups is 1. The topological polar surface area (TPSA) is 90.9 Å². The van der Waals surface area contributed by atoms with Gasteiger partial charge < -0.3 is 4.74 Å². The molecule has 1 aromatic rings. The van der Waals surface area contributed by atoms with Crippen LogP contribution in [-0.2, 0) is 9.59 Å². The predicted octanol–water partition coefficient (Wildman–Crippen LogP) is 2.18. The zero-order chi connectivity index (χ0) is 17.1. The van der Waals surface area contributed by atoms with Crippen LogP contribution in [0.5, 0.6) is 5.75 Å². The number of benzene rings is 1. The third-order valence-electron chi connectivity index (χ3n) is 3.46. The summed E-state index contributed by atoms with van der Waals surface area (Å²) in [7, 11) is 1.57. The highest BCUT2D eigenvalue weighted by Crippen LogP contribution is 2.16. The summed E-state index contributed by atoms with van der Waals surface area (Å²) in [4.78, 5) is 22.8. The largest absolute Gasteiger partial charge is 0.497 e. The molecule has 128 valence electrons. The van der Waals surface area contributed by atoms with Crippen molar-refractivity contribution in [2.75, 3.05) is 19.1 Å². The van der Waals surface area contributed by atoms with Crippen molar-refractivity contribution >= 4 is 18.0 Å². The summed E-state index contributed by atoms with van der Waals surface area (Å²) < 4.78 is 5.11. The van der Waals surface area contributed by atoms with E-state index in [9.17, 15) is 14.8 Å². The van der Waals surface area contributed by atoms with Crippen molar-refractivity contribution in [1.82, 2.24) is 10.5 Å². The number of nitrogens with one attached hydrogen (secondary N) is 2. The van der Waals surface area contributed by atoms with Crippen molar-refractivity contribution in [3.05, 3.63) is 24.3 Å². The molecule has 0 fully saturated rings. The third kappa shape index (κ3) is 7.01. The molecule has 1 aromatic carbocycles. The van der Waals surface area contributed by atoms with Crippen LogP contribution in [0.25, 0.3) is 0 Å². The second-order valence-electron chi connectivity index (χ2n) is 5.27. The molecule has 0 aromatic heterocycles. The maximum Gasteiger partial charge on any atom is 0.243 e. The first-order chi connectivity index (χ1) is 11.1. The summed E-state index contributed by atoms with van der Waals surface area (Å²) in [6.45, 7) is 2.04. The molecule has 0 bridgehead atoms. The molecule has 0 aliphatic rings. The molecule has 0 saturated heterocycles. The number of hydrogen-bond acceptors (Lipinski definition) is 5. The molecule has 0 unspecified atom stereocenters. The van der Waals surface area contributed by atoms with Gasteiger partial charge in [0.2, 0.25) is 12.3 Å². The van der Waals surface area contributed by atoms with E-state index in [1.165, 1.54) is 0 Å². The summed E-state index contributed by atoms with van der Waals surface area (Å²) in [5.41, 5.74) is 6.10. The molecule has 0 heterocycles. The normalized spacial score (nSPS) is 11.4. The van der Waals surface area contributed by atoms with Crippen LogP contribution < -0.4 is 15.6 Å². The zero-order valence-electron chi connectivity index (χ0n) is 13.6. The zero-order valence-corrected chi connectivity index (χ0v) is 13.6. The molecule has 0 saturated carbocycles. The van der Waals surface area contributed by atoms with E-state index in [0.29, 0.717) is 29.3 Å². The number of anilines is 1. The highest BCUT2D eigenvalue weighted by Gasteiger charge is 2.20. The van der Waals surface area contributed by atoms with Gasteiger partial charge in [-0.2, -0.15) is 0 Å². The van der Waals surface area contributed by atoms with E-state index >= 15 is 0 Å². The van der Waals surface area contributed by atoms with Crippen LogP contribution in [0.3, 0.4) is 0 Å². The standard InChI is InChI=1S/C16H25N3O4/c1-3-4-5-7-13(11-19(22)12-20)16(21)18-17-14-8-6-9-15(10-14)23-2/h6,8-10,12-13,17,22H,3-5,7,11H2,1-2H3,(H,18,21)/t13-/m0/s1. The molecule has 0 aliphatic heterocycles. The molecule has 7 heteroatoms. The third-order valence-corrected chi connectivity index (χ3v) is 3.46. The molecular formula is C16H25N3O4. The maximum absolute atomic E-state index is 12.3. The van der Waals surface area contributed by atoms with Crippen molar-refractivity contribution in [1.29, 1.82) is 0 Å². The minimum absolute atomic E-state index is 0.0289. The van der Waals surface area contributed by atoms with E-state index in [0.717, 1.165) is 19.3 Å². The maximum atomic E-state index is 12.3. The van der Waals surface area contributed by atoms with Gasteiger partial charge in [0.25, 0.3) is 0 Å². The Hall–Kier alpha value is -2.28. The number of methoxy groups -OCH3 is 1. The minimum Gasteiger partial charge on any atom is -0.497 e. The Morgan fingerprint density at radius 2 is 2.22 bits per heavy atom. The lowest BCUT2D eigenvalue weighted by atomic mass is 10.0. The van der Waals surface area contributed by atoms with Crippen LogP contribution in [0, 0.1) is 5.92 Å². The number of hydroxylamine groups is 2. The summed E-state index contributed by atoms with van der Waals surface area (Å²) in [5, 5.41) is 9.84. The van der Waals surface area contributed by atoms with E-state index in [2.05, 4.69) is 17.8 Å². The quantitative estimate of drug-likeness (QED) is 0.251. The van der Waals surface area contributed by atoms with Gasteiger partial charge in [-0.25, -0.2) is 5.06 Å². The van der Waals surface area contributed by atoms with E-state index in [-0.39, 0.29) is 12.5 Å². The Labute approximate surface area is 136 Å². The molecule has 23 heavy (non-hydrogen) atoms. The second kappa shape index (κ2) is 10.4. The fourth-order valence-electron chi connectivity index (χ4n) is 2.15.